The second kappa shape index (κ2) is 10.5. The maximum Gasteiger partial charge on any atom is 0.347 e. The standard InChI is InChI=1S/C32H33ClN2O5/c1-31(2,30(36)37)40-23-8-10-29-26(18-23)24(25-5-3-13-34-28(25)20-38-29)6-4-14-35-15-11-32(12-16-35)27-9-7-22(33)17-21(27)19-39-32/h3,5-10,13,17-18H,4,11-12,14-16,19-20H2,1-2H3,(H,36,37)/b24-6+. The number of likely N-dealkylation sites (tertiary alicyclic amines) is 1. The van der Waals surface area contributed by atoms with E-state index in [9.17, 15) is 9.90 Å². The first-order valence-corrected chi connectivity index (χ1v) is 14.1. The minimum Gasteiger partial charge on any atom is -0.487 e. The number of aromatic nitrogens is 1. The quantitative estimate of drug-likeness (QED) is 0.384. The molecule has 3 aromatic rings. The van der Waals surface area contributed by atoms with Crippen LogP contribution in [0.1, 0.15) is 61.1 Å². The van der Waals surface area contributed by atoms with Crippen LogP contribution in [0.4, 0.5) is 0 Å². The van der Waals surface area contributed by atoms with E-state index in [1.54, 1.807) is 26.1 Å². The Morgan fingerprint density at radius 2 is 1.98 bits per heavy atom. The molecule has 208 valence electrons. The second-order valence-electron chi connectivity index (χ2n) is 11.2. The van der Waals surface area contributed by atoms with Crippen molar-refractivity contribution in [3.63, 3.8) is 0 Å². The molecule has 0 unspecified atom stereocenters. The molecule has 2 aromatic carbocycles. The highest BCUT2D eigenvalue weighted by atomic mass is 35.5. The Hall–Kier alpha value is -3.39. The smallest absolute Gasteiger partial charge is 0.347 e. The summed E-state index contributed by atoms with van der Waals surface area (Å²) in [7, 11) is 0. The number of fused-ring (bicyclic) bond motifs is 4. The van der Waals surface area contributed by atoms with Gasteiger partial charge < -0.3 is 24.2 Å². The Bertz CT molecular complexity index is 1480. The number of carboxylic acids is 1. The molecule has 1 saturated heterocycles. The van der Waals surface area contributed by atoms with Crippen LogP contribution in [0, 0.1) is 0 Å². The topological polar surface area (TPSA) is 81.1 Å². The Labute approximate surface area is 239 Å². The Balaban J connectivity index is 1.21. The molecule has 0 radical (unpaired) electrons. The summed E-state index contributed by atoms with van der Waals surface area (Å²) in [6, 6.07) is 15.6. The summed E-state index contributed by atoms with van der Waals surface area (Å²) in [6.07, 6.45) is 6.78. The van der Waals surface area contributed by atoms with E-state index < -0.39 is 11.6 Å². The predicted octanol–water partition coefficient (Wildman–Crippen LogP) is 6.21. The molecule has 40 heavy (non-hydrogen) atoms. The van der Waals surface area contributed by atoms with Gasteiger partial charge in [-0.2, -0.15) is 0 Å². The highest BCUT2D eigenvalue weighted by Crippen LogP contribution is 2.45. The van der Waals surface area contributed by atoms with Crippen LogP contribution in [0.5, 0.6) is 11.5 Å². The molecule has 4 heterocycles. The number of hydrogen-bond acceptors (Lipinski definition) is 6. The van der Waals surface area contributed by atoms with Gasteiger partial charge in [0.25, 0.3) is 0 Å². The third-order valence-corrected chi connectivity index (χ3v) is 8.43. The van der Waals surface area contributed by atoms with Crippen molar-refractivity contribution in [1.29, 1.82) is 0 Å². The van der Waals surface area contributed by atoms with Gasteiger partial charge in [0.2, 0.25) is 0 Å². The molecule has 3 aliphatic heterocycles. The van der Waals surface area contributed by atoms with Crippen LogP contribution >= 0.6 is 11.6 Å². The van der Waals surface area contributed by atoms with Crippen molar-refractivity contribution in [2.45, 2.75) is 57.5 Å². The number of nitrogens with zero attached hydrogens (tertiary/aromatic N) is 2. The van der Waals surface area contributed by atoms with Crippen LogP contribution in [0.25, 0.3) is 5.57 Å². The molecular formula is C32H33ClN2O5. The van der Waals surface area contributed by atoms with Gasteiger partial charge in [0.1, 0.15) is 18.1 Å². The molecule has 0 atom stereocenters. The van der Waals surface area contributed by atoms with Gasteiger partial charge in [-0.05, 0) is 86.2 Å². The monoisotopic (exact) mass is 560 g/mol. The summed E-state index contributed by atoms with van der Waals surface area (Å²) in [4.78, 5) is 18.7. The molecule has 8 heteroatoms. The highest BCUT2D eigenvalue weighted by molar-refractivity contribution is 6.30. The third-order valence-electron chi connectivity index (χ3n) is 8.19. The largest absolute Gasteiger partial charge is 0.487 e. The van der Waals surface area contributed by atoms with Gasteiger partial charge in [0, 0.05) is 42.0 Å². The molecule has 0 bridgehead atoms. The first kappa shape index (κ1) is 26.8. The van der Waals surface area contributed by atoms with E-state index >= 15 is 0 Å². The van der Waals surface area contributed by atoms with E-state index in [2.05, 4.69) is 28.1 Å². The van der Waals surface area contributed by atoms with Gasteiger partial charge >= 0.3 is 5.97 Å². The van der Waals surface area contributed by atoms with Gasteiger partial charge in [-0.3, -0.25) is 4.98 Å². The number of rotatable bonds is 6. The van der Waals surface area contributed by atoms with Gasteiger partial charge in [-0.1, -0.05) is 29.8 Å². The van der Waals surface area contributed by atoms with Crippen LogP contribution in [-0.2, 0) is 28.3 Å². The van der Waals surface area contributed by atoms with Gasteiger partial charge in [-0.15, -0.1) is 0 Å². The van der Waals surface area contributed by atoms with Crippen molar-refractivity contribution in [2.75, 3.05) is 19.6 Å². The molecule has 1 N–H and O–H groups in total. The lowest BCUT2D eigenvalue weighted by Crippen LogP contribution is -2.42. The number of ether oxygens (including phenoxy) is 3. The average molecular weight is 561 g/mol. The number of pyridine rings is 1. The molecule has 0 amide bonds. The van der Waals surface area contributed by atoms with E-state index in [1.165, 1.54) is 11.1 Å². The van der Waals surface area contributed by atoms with Crippen molar-refractivity contribution in [2.24, 2.45) is 0 Å². The summed E-state index contributed by atoms with van der Waals surface area (Å²) >= 11 is 6.21. The minimum atomic E-state index is -1.36. The van der Waals surface area contributed by atoms with Crippen LogP contribution in [-0.4, -0.2) is 46.2 Å². The number of aliphatic carboxylic acids is 1. The third kappa shape index (κ3) is 5.09. The number of piperidine rings is 1. The Kier molecular flexibility index (Phi) is 7.07. The fraction of sp³-hybridized carbons (Fsp3) is 0.375. The van der Waals surface area contributed by atoms with E-state index in [1.807, 2.05) is 30.3 Å². The Morgan fingerprint density at radius 3 is 2.77 bits per heavy atom. The normalized spacial score (nSPS) is 18.9. The molecule has 0 saturated carbocycles. The fourth-order valence-electron chi connectivity index (χ4n) is 5.92. The molecule has 0 aliphatic carbocycles. The van der Waals surface area contributed by atoms with Gasteiger partial charge in [0.15, 0.2) is 5.60 Å². The zero-order valence-corrected chi connectivity index (χ0v) is 23.5. The summed E-state index contributed by atoms with van der Waals surface area (Å²) in [5, 5.41) is 10.3. The van der Waals surface area contributed by atoms with E-state index in [0.717, 1.165) is 72.1 Å². The summed E-state index contributed by atoms with van der Waals surface area (Å²) < 4.78 is 18.3. The fourth-order valence-corrected chi connectivity index (χ4v) is 6.11. The summed E-state index contributed by atoms with van der Waals surface area (Å²) in [6.45, 7) is 6.92. The molecule has 7 nitrogen and oxygen atoms in total. The van der Waals surface area contributed by atoms with E-state index in [0.29, 0.717) is 19.0 Å². The average Bonchev–Trinajstić information content (AvgIpc) is 3.19. The number of halogens is 1. The lowest BCUT2D eigenvalue weighted by atomic mass is 9.84. The van der Waals surface area contributed by atoms with Crippen LogP contribution in [0.3, 0.4) is 0 Å². The maximum absolute atomic E-state index is 11.7. The van der Waals surface area contributed by atoms with Crippen molar-refractivity contribution in [3.8, 4) is 11.5 Å². The second-order valence-corrected chi connectivity index (χ2v) is 11.6. The van der Waals surface area contributed by atoms with Crippen LogP contribution in [0.2, 0.25) is 5.02 Å². The Morgan fingerprint density at radius 1 is 1.15 bits per heavy atom. The highest BCUT2D eigenvalue weighted by Gasteiger charge is 2.42. The summed E-state index contributed by atoms with van der Waals surface area (Å²) in [5.74, 6) is 0.178. The maximum atomic E-state index is 11.7. The molecular weight excluding hydrogens is 528 g/mol. The first-order chi connectivity index (χ1) is 19.2. The van der Waals surface area contributed by atoms with Crippen molar-refractivity contribution in [1.82, 2.24) is 9.88 Å². The molecule has 1 fully saturated rings. The van der Waals surface area contributed by atoms with Crippen LogP contribution < -0.4 is 9.47 Å². The number of hydrogen-bond donors (Lipinski definition) is 1. The number of carbonyl (C=O) groups is 1. The van der Waals surface area contributed by atoms with E-state index in [-0.39, 0.29) is 5.60 Å². The molecule has 1 spiro atoms. The van der Waals surface area contributed by atoms with Gasteiger partial charge in [-0.25, -0.2) is 4.79 Å². The SMILES string of the molecule is CC(C)(Oc1ccc2c(c1)/C(=C/CCN1CCC3(CC1)OCc1cc(Cl)ccc13)c1cccnc1CO2)C(=O)O. The molecule has 3 aliphatic rings. The zero-order chi connectivity index (χ0) is 27.9. The zero-order valence-electron chi connectivity index (χ0n) is 22.8. The minimum absolute atomic E-state index is 0.197. The van der Waals surface area contributed by atoms with E-state index in [4.69, 9.17) is 25.8 Å². The first-order valence-electron chi connectivity index (χ1n) is 13.7. The van der Waals surface area contributed by atoms with Crippen molar-refractivity contribution < 1.29 is 24.1 Å². The van der Waals surface area contributed by atoms with Gasteiger partial charge in [0.05, 0.1) is 17.9 Å². The number of benzene rings is 2. The summed E-state index contributed by atoms with van der Waals surface area (Å²) in [5.41, 5.74) is 4.73. The van der Waals surface area contributed by atoms with Crippen LogP contribution in [0.15, 0.2) is 60.8 Å². The molecule has 6 rings (SSSR count). The lowest BCUT2D eigenvalue weighted by molar-refractivity contribution is -0.152. The lowest BCUT2D eigenvalue weighted by Gasteiger charge is -2.39. The number of carboxylic acid groups (broad SMARTS) is 1. The molecule has 1 aromatic heterocycles. The van der Waals surface area contributed by atoms with Crippen molar-refractivity contribution in [3.05, 3.63) is 93.8 Å². The van der Waals surface area contributed by atoms with Crippen molar-refractivity contribution >= 4 is 23.1 Å². The predicted molar refractivity (Wildman–Crippen MR) is 153 cm³/mol.